The van der Waals surface area contributed by atoms with Gasteiger partial charge in [-0.15, -0.1) is 0 Å². The maximum Gasteiger partial charge on any atom is 0.327 e. The van der Waals surface area contributed by atoms with E-state index in [2.05, 4.69) is 20.5 Å². The van der Waals surface area contributed by atoms with Gasteiger partial charge in [0.25, 0.3) is 5.91 Å². The number of carbonyl (C=O) groups is 2. The van der Waals surface area contributed by atoms with Crippen LogP contribution in [0.1, 0.15) is 30.5 Å². The number of benzene rings is 1. The second-order valence-corrected chi connectivity index (χ2v) is 9.52. The van der Waals surface area contributed by atoms with E-state index in [1.54, 1.807) is 13.3 Å². The molecule has 3 aromatic rings. The molecular formula is C28H33N5O3. The SMILES string of the molecule is COCCCN1C(=O)N(Cc2ccccc2)C(=O)C12CCN(Cc1cccn1-c1ccccn1)CC2. The number of likely N-dealkylation sites (tertiary alicyclic amines) is 1. The second-order valence-electron chi connectivity index (χ2n) is 9.52. The maximum absolute atomic E-state index is 13.8. The van der Waals surface area contributed by atoms with Gasteiger partial charge in [-0.2, -0.15) is 0 Å². The molecule has 2 aliphatic rings. The molecule has 0 aliphatic carbocycles. The number of imide groups is 1. The van der Waals surface area contributed by atoms with Crippen molar-refractivity contribution < 1.29 is 14.3 Å². The lowest BCUT2D eigenvalue weighted by molar-refractivity contribution is -0.136. The van der Waals surface area contributed by atoms with E-state index in [1.807, 2.05) is 65.7 Å². The van der Waals surface area contributed by atoms with E-state index in [9.17, 15) is 9.59 Å². The summed E-state index contributed by atoms with van der Waals surface area (Å²) < 4.78 is 7.34. The minimum atomic E-state index is -0.779. The first-order valence-corrected chi connectivity index (χ1v) is 12.6. The standard InChI is InChI=1S/C28H33N5O3/c1-36-20-8-17-33-27(35)32(21-23-9-3-2-4-10-23)26(34)28(33)13-18-30(19-14-28)22-24-11-7-16-31(24)25-12-5-6-15-29-25/h2-7,9-12,15-16H,8,13-14,17-22H2,1H3. The van der Waals surface area contributed by atoms with Gasteiger partial charge in [0, 0.05) is 58.0 Å². The van der Waals surface area contributed by atoms with E-state index in [0.717, 1.165) is 36.7 Å². The van der Waals surface area contributed by atoms with Gasteiger partial charge in [0.15, 0.2) is 0 Å². The van der Waals surface area contributed by atoms with Crippen molar-refractivity contribution in [1.29, 1.82) is 0 Å². The van der Waals surface area contributed by atoms with Crippen molar-refractivity contribution in [2.45, 2.75) is 37.9 Å². The molecule has 0 unspecified atom stereocenters. The zero-order valence-electron chi connectivity index (χ0n) is 20.8. The van der Waals surface area contributed by atoms with E-state index >= 15 is 0 Å². The summed E-state index contributed by atoms with van der Waals surface area (Å²) in [5, 5.41) is 0. The molecule has 188 valence electrons. The molecule has 8 heteroatoms. The van der Waals surface area contributed by atoms with Crippen LogP contribution < -0.4 is 0 Å². The van der Waals surface area contributed by atoms with Gasteiger partial charge in [-0.3, -0.25) is 14.6 Å². The Bertz CT molecular complexity index is 1170. The molecule has 3 amide bonds. The van der Waals surface area contributed by atoms with Crippen molar-refractivity contribution >= 4 is 11.9 Å². The predicted octanol–water partition coefficient (Wildman–Crippen LogP) is 3.71. The molecule has 2 aliphatic heterocycles. The van der Waals surface area contributed by atoms with E-state index in [0.29, 0.717) is 39.0 Å². The van der Waals surface area contributed by atoms with E-state index in [-0.39, 0.29) is 11.9 Å². The first kappa shape index (κ1) is 24.2. The lowest BCUT2D eigenvalue weighted by Gasteiger charge is -2.42. The molecule has 36 heavy (non-hydrogen) atoms. The number of aromatic nitrogens is 2. The molecule has 2 saturated heterocycles. The molecule has 0 N–H and O–H groups in total. The summed E-state index contributed by atoms with van der Waals surface area (Å²) >= 11 is 0. The van der Waals surface area contributed by atoms with Crippen molar-refractivity contribution in [2.75, 3.05) is 33.4 Å². The van der Waals surface area contributed by atoms with Crippen molar-refractivity contribution in [3.05, 3.63) is 84.3 Å². The normalized spacial score (nSPS) is 17.9. The minimum absolute atomic E-state index is 0.0646. The van der Waals surface area contributed by atoms with Crippen molar-refractivity contribution in [1.82, 2.24) is 24.3 Å². The third-order valence-corrected chi connectivity index (χ3v) is 7.33. The fraction of sp³-hybridized carbons (Fsp3) is 0.393. The zero-order valence-corrected chi connectivity index (χ0v) is 20.8. The zero-order chi connectivity index (χ0) is 25.0. The third kappa shape index (κ3) is 4.66. The highest BCUT2D eigenvalue weighted by molar-refractivity contribution is 6.07. The molecule has 0 bridgehead atoms. The van der Waals surface area contributed by atoms with Gasteiger partial charge in [0.2, 0.25) is 0 Å². The van der Waals surface area contributed by atoms with Crippen LogP contribution in [0.5, 0.6) is 0 Å². The highest BCUT2D eigenvalue weighted by Gasteiger charge is 2.57. The highest BCUT2D eigenvalue weighted by atomic mass is 16.5. The lowest BCUT2D eigenvalue weighted by atomic mass is 9.85. The smallest absolute Gasteiger partial charge is 0.327 e. The van der Waals surface area contributed by atoms with Crippen molar-refractivity contribution in [2.24, 2.45) is 0 Å². The average Bonchev–Trinajstić information content (AvgIpc) is 3.45. The summed E-state index contributed by atoms with van der Waals surface area (Å²) in [6.07, 6.45) is 5.78. The Morgan fingerprint density at radius 1 is 0.944 bits per heavy atom. The van der Waals surface area contributed by atoms with Crippen LogP contribution >= 0.6 is 0 Å². The number of piperidine rings is 1. The van der Waals surface area contributed by atoms with Crippen LogP contribution in [-0.4, -0.2) is 75.1 Å². The lowest BCUT2D eigenvalue weighted by Crippen LogP contribution is -2.56. The second kappa shape index (κ2) is 10.6. The summed E-state index contributed by atoms with van der Waals surface area (Å²) in [5.41, 5.74) is 1.33. The molecule has 0 radical (unpaired) electrons. The largest absolute Gasteiger partial charge is 0.385 e. The van der Waals surface area contributed by atoms with Gasteiger partial charge in [-0.05, 0) is 49.1 Å². The summed E-state index contributed by atoms with van der Waals surface area (Å²) in [7, 11) is 1.66. The number of hydrogen-bond donors (Lipinski definition) is 0. The Hall–Kier alpha value is -3.49. The minimum Gasteiger partial charge on any atom is -0.385 e. The van der Waals surface area contributed by atoms with Gasteiger partial charge < -0.3 is 14.2 Å². The first-order chi connectivity index (χ1) is 17.6. The number of hydrogen-bond acceptors (Lipinski definition) is 5. The van der Waals surface area contributed by atoms with Crippen LogP contribution in [0.3, 0.4) is 0 Å². The van der Waals surface area contributed by atoms with Crippen LogP contribution in [0.15, 0.2) is 73.1 Å². The number of carbonyl (C=O) groups excluding carboxylic acids is 2. The molecule has 4 heterocycles. The predicted molar refractivity (Wildman–Crippen MR) is 136 cm³/mol. The fourth-order valence-electron chi connectivity index (χ4n) is 5.42. The average molecular weight is 488 g/mol. The third-order valence-electron chi connectivity index (χ3n) is 7.33. The van der Waals surface area contributed by atoms with Gasteiger partial charge in [-0.25, -0.2) is 9.78 Å². The molecule has 2 aromatic heterocycles. The molecule has 2 fully saturated rings. The Kier molecular flexibility index (Phi) is 7.16. The van der Waals surface area contributed by atoms with E-state index in [1.165, 1.54) is 4.90 Å². The van der Waals surface area contributed by atoms with E-state index in [4.69, 9.17) is 4.74 Å². The quantitative estimate of drug-likeness (QED) is 0.340. The number of urea groups is 1. The van der Waals surface area contributed by atoms with Crippen LogP contribution in [0.25, 0.3) is 5.82 Å². The first-order valence-electron chi connectivity index (χ1n) is 12.6. The molecule has 5 rings (SSSR count). The van der Waals surface area contributed by atoms with Crippen LogP contribution in [0.4, 0.5) is 4.79 Å². The van der Waals surface area contributed by atoms with Crippen LogP contribution in [0, 0.1) is 0 Å². The number of nitrogens with zero attached hydrogens (tertiary/aromatic N) is 5. The fourth-order valence-corrected chi connectivity index (χ4v) is 5.42. The Morgan fingerprint density at radius 3 is 2.44 bits per heavy atom. The molecular weight excluding hydrogens is 454 g/mol. The monoisotopic (exact) mass is 487 g/mol. The van der Waals surface area contributed by atoms with Crippen molar-refractivity contribution in [3.63, 3.8) is 0 Å². The number of ether oxygens (including phenoxy) is 1. The molecule has 0 saturated carbocycles. The summed E-state index contributed by atoms with van der Waals surface area (Å²) in [6.45, 7) is 3.63. The molecule has 0 atom stereocenters. The number of rotatable bonds is 9. The van der Waals surface area contributed by atoms with Gasteiger partial charge >= 0.3 is 6.03 Å². The van der Waals surface area contributed by atoms with Gasteiger partial charge in [-0.1, -0.05) is 36.4 Å². The molecule has 1 aromatic carbocycles. The number of methoxy groups -OCH3 is 1. The number of pyridine rings is 1. The summed E-state index contributed by atoms with van der Waals surface area (Å²) in [4.78, 5) is 37.4. The topological polar surface area (TPSA) is 70.9 Å². The van der Waals surface area contributed by atoms with E-state index < -0.39 is 5.54 Å². The number of amides is 3. The van der Waals surface area contributed by atoms with Gasteiger partial charge in [0.1, 0.15) is 11.4 Å². The Labute approximate surface area is 212 Å². The Morgan fingerprint density at radius 2 is 1.72 bits per heavy atom. The highest BCUT2D eigenvalue weighted by Crippen LogP contribution is 2.38. The summed E-state index contributed by atoms with van der Waals surface area (Å²) in [5.74, 6) is 0.827. The summed E-state index contributed by atoms with van der Waals surface area (Å²) in [6, 6.07) is 19.6. The van der Waals surface area contributed by atoms with Crippen molar-refractivity contribution in [3.8, 4) is 5.82 Å². The Balaban J connectivity index is 1.31. The molecule has 1 spiro atoms. The van der Waals surface area contributed by atoms with Gasteiger partial charge in [0.05, 0.1) is 6.54 Å². The van der Waals surface area contributed by atoms with Crippen LogP contribution in [-0.2, 0) is 22.6 Å². The molecule has 8 nitrogen and oxygen atoms in total. The van der Waals surface area contributed by atoms with Crippen LogP contribution in [0.2, 0.25) is 0 Å². The maximum atomic E-state index is 13.8.